The zero-order valence-electron chi connectivity index (χ0n) is 13.4. The zero-order valence-corrected chi connectivity index (χ0v) is 13.4. The van der Waals surface area contributed by atoms with Gasteiger partial charge in [0, 0.05) is 24.2 Å². The number of ether oxygens (including phenoxy) is 2. The molecule has 6 heteroatoms. The van der Waals surface area contributed by atoms with Gasteiger partial charge in [-0.1, -0.05) is 6.07 Å². The van der Waals surface area contributed by atoms with Crippen LogP contribution in [0.3, 0.4) is 0 Å². The number of hydrogen-bond donors (Lipinski definition) is 1. The molecule has 1 aliphatic heterocycles. The minimum Gasteiger partial charge on any atom is -0.493 e. The van der Waals surface area contributed by atoms with Crippen molar-refractivity contribution in [1.82, 2.24) is 4.98 Å². The Morgan fingerprint density at radius 1 is 1.08 bits per heavy atom. The third kappa shape index (κ3) is 3.12. The number of benzene rings is 1. The SMILES string of the molecule is COc1ccc(NC2C=CN=C(c3ccccn3)C2=O)cc1OC. The molecular formula is C18H17N3O3. The number of pyridine rings is 1. The summed E-state index contributed by atoms with van der Waals surface area (Å²) >= 11 is 0. The molecule has 6 nitrogen and oxygen atoms in total. The van der Waals surface area contributed by atoms with Crippen LogP contribution >= 0.6 is 0 Å². The molecule has 0 bridgehead atoms. The zero-order chi connectivity index (χ0) is 16.9. The summed E-state index contributed by atoms with van der Waals surface area (Å²) in [6, 6.07) is 10.3. The molecule has 0 saturated heterocycles. The number of anilines is 1. The van der Waals surface area contributed by atoms with Gasteiger partial charge in [-0.25, -0.2) is 0 Å². The number of aromatic nitrogens is 1. The lowest BCUT2D eigenvalue weighted by molar-refractivity contribution is -0.112. The third-order valence-electron chi connectivity index (χ3n) is 3.61. The molecule has 0 aliphatic carbocycles. The Morgan fingerprint density at radius 2 is 1.92 bits per heavy atom. The van der Waals surface area contributed by atoms with Gasteiger partial charge >= 0.3 is 0 Å². The fourth-order valence-electron chi connectivity index (χ4n) is 2.42. The first-order chi connectivity index (χ1) is 11.7. The molecule has 122 valence electrons. The van der Waals surface area contributed by atoms with E-state index in [1.807, 2.05) is 12.1 Å². The molecule has 1 unspecified atom stereocenters. The van der Waals surface area contributed by atoms with E-state index in [1.165, 1.54) is 0 Å². The number of nitrogens with zero attached hydrogens (tertiary/aromatic N) is 2. The van der Waals surface area contributed by atoms with Gasteiger partial charge in [-0.15, -0.1) is 0 Å². The molecule has 0 spiro atoms. The van der Waals surface area contributed by atoms with Crippen LogP contribution in [-0.4, -0.2) is 36.7 Å². The van der Waals surface area contributed by atoms with Crippen molar-refractivity contribution in [1.29, 1.82) is 0 Å². The summed E-state index contributed by atoms with van der Waals surface area (Å²) in [6.07, 6.45) is 4.97. The van der Waals surface area contributed by atoms with Crippen molar-refractivity contribution in [2.24, 2.45) is 4.99 Å². The molecule has 0 saturated carbocycles. The molecule has 1 aromatic heterocycles. The van der Waals surface area contributed by atoms with Gasteiger partial charge < -0.3 is 14.8 Å². The lowest BCUT2D eigenvalue weighted by atomic mass is 10.0. The third-order valence-corrected chi connectivity index (χ3v) is 3.61. The van der Waals surface area contributed by atoms with E-state index in [0.717, 1.165) is 5.69 Å². The molecule has 0 amide bonds. The van der Waals surface area contributed by atoms with Gasteiger partial charge in [0.15, 0.2) is 11.5 Å². The quantitative estimate of drug-likeness (QED) is 0.915. The maximum absolute atomic E-state index is 12.7. The van der Waals surface area contributed by atoms with Gasteiger partial charge in [0.05, 0.1) is 19.9 Å². The van der Waals surface area contributed by atoms with Crippen LogP contribution in [0.15, 0.2) is 59.9 Å². The summed E-state index contributed by atoms with van der Waals surface area (Å²) < 4.78 is 10.5. The number of methoxy groups -OCH3 is 2. The smallest absolute Gasteiger partial charge is 0.209 e. The fourth-order valence-corrected chi connectivity index (χ4v) is 2.42. The van der Waals surface area contributed by atoms with Crippen LogP contribution in [0.25, 0.3) is 0 Å². The average molecular weight is 323 g/mol. The Hall–Kier alpha value is -3.15. The first-order valence-corrected chi connectivity index (χ1v) is 7.41. The van der Waals surface area contributed by atoms with Gasteiger partial charge in [-0.3, -0.25) is 14.8 Å². The standard InChI is InChI=1S/C18H17N3O3/c1-23-15-7-6-12(11-16(15)24-2)21-14-8-10-20-17(18(14)22)13-5-3-4-9-19-13/h3-11,14,21H,1-2H3. The minimum atomic E-state index is -0.516. The second-order valence-corrected chi connectivity index (χ2v) is 5.09. The van der Waals surface area contributed by atoms with Crippen LogP contribution in [-0.2, 0) is 4.79 Å². The van der Waals surface area contributed by atoms with Gasteiger partial charge in [-0.05, 0) is 30.3 Å². The van der Waals surface area contributed by atoms with Crippen molar-refractivity contribution >= 4 is 17.2 Å². The van der Waals surface area contributed by atoms with Crippen LogP contribution in [0.4, 0.5) is 5.69 Å². The molecule has 0 radical (unpaired) electrons. The summed E-state index contributed by atoms with van der Waals surface area (Å²) in [7, 11) is 3.15. The Labute approximate surface area is 139 Å². The number of Topliss-reactive ketones (excluding diaryl/α,β-unsaturated/α-hetero) is 1. The Morgan fingerprint density at radius 3 is 2.62 bits per heavy atom. The van der Waals surface area contributed by atoms with Crippen molar-refractivity contribution in [2.45, 2.75) is 6.04 Å². The lowest BCUT2D eigenvalue weighted by Crippen LogP contribution is -2.36. The van der Waals surface area contributed by atoms with E-state index < -0.39 is 6.04 Å². The highest BCUT2D eigenvalue weighted by molar-refractivity contribution is 6.48. The Kier molecular flexibility index (Phi) is 4.56. The van der Waals surface area contributed by atoms with Gasteiger partial charge in [0.1, 0.15) is 11.8 Å². The fraction of sp³-hybridized carbons (Fsp3) is 0.167. The maximum atomic E-state index is 12.7. The predicted molar refractivity (Wildman–Crippen MR) is 91.9 cm³/mol. The van der Waals surface area contributed by atoms with Crippen LogP contribution < -0.4 is 14.8 Å². The van der Waals surface area contributed by atoms with E-state index in [0.29, 0.717) is 22.9 Å². The number of nitrogens with one attached hydrogen (secondary N) is 1. The molecule has 1 N–H and O–H groups in total. The topological polar surface area (TPSA) is 72.8 Å². The number of aliphatic imine (C=N–C) groups is 1. The van der Waals surface area contributed by atoms with Crippen molar-refractivity contribution in [3.8, 4) is 11.5 Å². The van der Waals surface area contributed by atoms with Crippen LogP contribution in [0.1, 0.15) is 5.69 Å². The molecule has 0 fully saturated rings. The first-order valence-electron chi connectivity index (χ1n) is 7.41. The van der Waals surface area contributed by atoms with E-state index >= 15 is 0 Å². The summed E-state index contributed by atoms with van der Waals surface area (Å²) in [5.74, 6) is 1.09. The maximum Gasteiger partial charge on any atom is 0.209 e. The van der Waals surface area contributed by atoms with Crippen LogP contribution in [0.2, 0.25) is 0 Å². The average Bonchev–Trinajstić information content (AvgIpc) is 2.64. The van der Waals surface area contributed by atoms with E-state index in [9.17, 15) is 4.79 Å². The number of ketones is 1. The molecule has 1 aliphatic rings. The van der Waals surface area contributed by atoms with E-state index in [4.69, 9.17) is 9.47 Å². The highest BCUT2D eigenvalue weighted by atomic mass is 16.5. The summed E-state index contributed by atoms with van der Waals surface area (Å²) in [4.78, 5) is 21.0. The molecule has 1 aromatic carbocycles. The first kappa shape index (κ1) is 15.7. The number of carbonyl (C=O) groups is 1. The van der Waals surface area contributed by atoms with Gasteiger partial charge in [-0.2, -0.15) is 0 Å². The number of rotatable bonds is 5. The van der Waals surface area contributed by atoms with E-state index in [-0.39, 0.29) is 5.78 Å². The largest absolute Gasteiger partial charge is 0.493 e. The monoisotopic (exact) mass is 323 g/mol. The minimum absolute atomic E-state index is 0.133. The van der Waals surface area contributed by atoms with E-state index in [1.54, 1.807) is 57.0 Å². The molecule has 3 rings (SSSR count). The molecule has 2 heterocycles. The lowest BCUT2D eigenvalue weighted by Gasteiger charge is -2.19. The molecule has 24 heavy (non-hydrogen) atoms. The summed E-state index contributed by atoms with van der Waals surface area (Å²) in [5.41, 5.74) is 1.65. The van der Waals surface area contributed by atoms with Crippen LogP contribution in [0, 0.1) is 0 Å². The summed E-state index contributed by atoms with van der Waals surface area (Å²) in [5, 5.41) is 3.18. The van der Waals surface area contributed by atoms with Crippen LogP contribution in [0.5, 0.6) is 11.5 Å². The second kappa shape index (κ2) is 6.95. The van der Waals surface area contributed by atoms with Gasteiger partial charge in [0.25, 0.3) is 0 Å². The Bertz CT molecular complexity index is 800. The highest BCUT2D eigenvalue weighted by Gasteiger charge is 2.25. The molecular weight excluding hydrogens is 306 g/mol. The summed E-state index contributed by atoms with van der Waals surface area (Å²) in [6.45, 7) is 0. The van der Waals surface area contributed by atoms with Crippen molar-refractivity contribution in [3.63, 3.8) is 0 Å². The Balaban J connectivity index is 1.81. The van der Waals surface area contributed by atoms with Crippen molar-refractivity contribution < 1.29 is 14.3 Å². The van der Waals surface area contributed by atoms with Gasteiger partial charge in [0.2, 0.25) is 5.78 Å². The second-order valence-electron chi connectivity index (χ2n) is 5.09. The van der Waals surface area contributed by atoms with Crippen molar-refractivity contribution in [2.75, 3.05) is 19.5 Å². The number of carbonyl (C=O) groups excluding carboxylic acids is 1. The highest BCUT2D eigenvalue weighted by Crippen LogP contribution is 2.30. The normalized spacial score (nSPS) is 16.5. The molecule has 1 atom stereocenters. The molecule has 2 aromatic rings. The predicted octanol–water partition coefficient (Wildman–Crippen LogP) is 2.46. The number of hydrogen-bond acceptors (Lipinski definition) is 6. The van der Waals surface area contributed by atoms with Crippen molar-refractivity contribution in [3.05, 3.63) is 60.6 Å². The van der Waals surface area contributed by atoms with E-state index in [2.05, 4.69) is 15.3 Å².